The molecule has 1 atom stereocenters. The third kappa shape index (κ3) is 5.59. The molecule has 5 heteroatoms. The van der Waals surface area contributed by atoms with Crippen LogP contribution in [0.25, 0.3) is 0 Å². The highest BCUT2D eigenvalue weighted by atomic mass is 16.2. The van der Waals surface area contributed by atoms with Crippen LogP contribution in [-0.2, 0) is 0 Å². The highest BCUT2D eigenvalue weighted by Gasteiger charge is 2.09. The summed E-state index contributed by atoms with van der Waals surface area (Å²) in [6.07, 6.45) is 2.60. The van der Waals surface area contributed by atoms with Crippen molar-refractivity contribution in [2.75, 3.05) is 25.5 Å². The second-order valence-electron chi connectivity index (χ2n) is 5.05. The predicted octanol–water partition coefficient (Wildman–Crippen LogP) is 2.33. The van der Waals surface area contributed by atoms with Gasteiger partial charge in [0.25, 0.3) is 0 Å². The zero-order valence-electron chi connectivity index (χ0n) is 12.3. The fourth-order valence-corrected chi connectivity index (χ4v) is 1.86. The standard InChI is InChI=1S/C15H25N3O2/c1-12(16)13-7-6-8-14(11-13)17-15(20)18(2)9-4-3-5-10-19/h6-8,11-12,19H,3-5,9-10,16H2,1-2H3,(H,17,20). The lowest BCUT2D eigenvalue weighted by atomic mass is 10.1. The molecule has 0 heterocycles. The molecule has 0 fully saturated rings. The van der Waals surface area contributed by atoms with Crippen LogP contribution in [0.4, 0.5) is 10.5 Å². The largest absolute Gasteiger partial charge is 0.396 e. The van der Waals surface area contributed by atoms with Crippen molar-refractivity contribution < 1.29 is 9.90 Å². The van der Waals surface area contributed by atoms with Crippen LogP contribution in [0.5, 0.6) is 0 Å². The maximum absolute atomic E-state index is 12.0. The smallest absolute Gasteiger partial charge is 0.321 e. The number of nitrogens with two attached hydrogens (primary N) is 1. The van der Waals surface area contributed by atoms with Gasteiger partial charge in [0.15, 0.2) is 0 Å². The van der Waals surface area contributed by atoms with E-state index in [0.29, 0.717) is 6.54 Å². The molecule has 0 aliphatic rings. The first-order valence-electron chi connectivity index (χ1n) is 7.03. The first kappa shape index (κ1) is 16.5. The summed E-state index contributed by atoms with van der Waals surface area (Å²) in [6, 6.07) is 7.39. The summed E-state index contributed by atoms with van der Waals surface area (Å²) in [5.41, 5.74) is 7.57. The number of nitrogens with zero attached hydrogens (tertiary/aromatic N) is 1. The Morgan fingerprint density at radius 2 is 2.15 bits per heavy atom. The molecule has 0 aliphatic carbocycles. The van der Waals surface area contributed by atoms with Crippen LogP contribution in [-0.4, -0.2) is 36.2 Å². The Labute approximate surface area is 120 Å². The van der Waals surface area contributed by atoms with Crippen molar-refractivity contribution in [3.05, 3.63) is 29.8 Å². The Bertz CT molecular complexity index is 421. The van der Waals surface area contributed by atoms with Gasteiger partial charge in [0.2, 0.25) is 0 Å². The number of aliphatic hydroxyl groups excluding tert-OH is 1. The van der Waals surface area contributed by atoms with E-state index in [-0.39, 0.29) is 18.7 Å². The summed E-state index contributed by atoms with van der Waals surface area (Å²) >= 11 is 0. The third-order valence-electron chi connectivity index (χ3n) is 3.16. The van der Waals surface area contributed by atoms with Crippen molar-refractivity contribution in [1.29, 1.82) is 0 Å². The van der Waals surface area contributed by atoms with E-state index in [1.807, 2.05) is 31.2 Å². The SMILES string of the molecule is CC(N)c1cccc(NC(=O)N(C)CCCCCO)c1. The molecule has 0 saturated heterocycles. The molecular formula is C15H25N3O2. The van der Waals surface area contributed by atoms with Gasteiger partial charge >= 0.3 is 6.03 Å². The van der Waals surface area contributed by atoms with Gasteiger partial charge in [-0.25, -0.2) is 4.79 Å². The zero-order chi connectivity index (χ0) is 15.0. The molecule has 0 spiro atoms. The topological polar surface area (TPSA) is 78.6 Å². The molecule has 0 radical (unpaired) electrons. The first-order valence-corrected chi connectivity index (χ1v) is 7.03. The third-order valence-corrected chi connectivity index (χ3v) is 3.16. The molecule has 0 aromatic heterocycles. The van der Waals surface area contributed by atoms with E-state index in [0.717, 1.165) is 30.5 Å². The van der Waals surface area contributed by atoms with Crippen molar-refractivity contribution >= 4 is 11.7 Å². The second-order valence-corrected chi connectivity index (χ2v) is 5.05. The molecular weight excluding hydrogens is 254 g/mol. The fourth-order valence-electron chi connectivity index (χ4n) is 1.86. The maximum atomic E-state index is 12.0. The van der Waals surface area contributed by atoms with Crippen LogP contribution in [0.15, 0.2) is 24.3 Å². The van der Waals surface area contributed by atoms with Gasteiger partial charge in [-0.1, -0.05) is 12.1 Å². The molecule has 112 valence electrons. The lowest BCUT2D eigenvalue weighted by Gasteiger charge is -2.18. The molecule has 5 nitrogen and oxygen atoms in total. The van der Waals surface area contributed by atoms with E-state index in [9.17, 15) is 4.79 Å². The molecule has 1 aromatic carbocycles. The van der Waals surface area contributed by atoms with Crippen molar-refractivity contribution in [1.82, 2.24) is 4.90 Å². The Morgan fingerprint density at radius 3 is 2.80 bits per heavy atom. The number of nitrogens with one attached hydrogen (secondary N) is 1. The van der Waals surface area contributed by atoms with E-state index in [1.54, 1.807) is 11.9 Å². The van der Waals surface area contributed by atoms with Gasteiger partial charge in [0.05, 0.1) is 0 Å². The van der Waals surface area contributed by atoms with Crippen molar-refractivity contribution in [3.8, 4) is 0 Å². The summed E-state index contributed by atoms with van der Waals surface area (Å²) in [6.45, 7) is 2.80. The second kappa shape index (κ2) is 8.55. The lowest BCUT2D eigenvalue weighted by molar-refractivity contribution is 0.220. The minimum atomic E-state index is -0.129. The van der Waals surface area contributed by atoms with Crippen LogP contribution in [0.1, 0.15) is 37.8 Å². The van der Waals surface area contributed by atoms with E-state index >= 15 is 0 Å². The van der Waals surface area contributed by atoms with E-state index in [2.05, 4.69) is 5.32 Å². The number of carbonyl (C=O) groups excluding carboxylic acids is 1. The number of anilines is 1. The van der Waals surface area contributed by atoms with Crippen molar-refractivity contribution in [2.45, 2.75) is 32.2 Å². The summed E-state index contributed by atoms with van der Waals surface area (Å²) in [4.78, 5) is 13.6. The van der Waals surface area contributed by atoms with Gasteiger partial charge in [-0.05, 0) is 43.9 Å². The molecule has 1 aromatic rings. The zero-order valence-corrected chi connectivity index (χ0v) is 12.3. The Balaban J connectivity index is 2.46. The van der Waals surface area contributed by atoms with Gasteiger partial charge in [-0.2, -0.15) is 0 Å². The molecule has 0 bridgehead atoms. The summed E-state index contributed by atoms with van der Waals surface area (Å²) < 4.78 is 0. The maximum Gasteiger partial charge on any atom is 0.321 e. The van der Waals surface area contributed by atoms with Gasteiger partial charge in [-0.15, -0.1) is 0 Å². The number of rotatable bonds is 7. The van der Waals surface area contributed by atoms with Crippen molar-refractivity contribution in [3.63, 3.8) is 0 Å². The van der Waals surface area contributed by atoms with Crippen molar-refractivity contribution in [2.24, 2.45) is 5.73 Å². The minimum absolute atomic E-state index is 0.0527. The van der Waals surface area contributed by atoms with Crippen LogP contribution in [0, 0.1) is 0 Å². The summed E-state index contributed by atoms with van der Waals surface area (Å²) in [5, 5.41) is 11.6. The Morgan fingerprint density at radius 1 is 1.40 bits per heavy atom. The average molecular weight is 279 g/mol. The quantitative estimate of drug-likeness (QED) is 0.670. The fraction of sp³-hybridized carbons (Fsp3) is 0.533. The van der Waals surface area contributed by atoms with E-state index in [1.165, 1.54) is 0 Å². The summed E-state index contributed by atoms with van der Waals surface area (Å²) in [7, 11) is 1.77. The number of hydrogen-bond acceptors (Lipinski definition) is 3. The first-order chi connectivity index (χ1) is 9.54. The van der Waals surface area contributed by atoms with E-state index < -0.39 is 0 Å². The number of benzene rings is 1. The highest BCUT2D eigenvalue weighted by molar-refractivity contribution is 5.89. The van der Waals surface area contributed by atoms with Crippen LogP contribution < -0.4 is 11.1 Å². The molecule has 0 saturated carbocycles. The van der Waals surface area contributed by atoms with Gasteiger partial charge in [-0.3, -0.25) is 0 Å². The van der Waals surface area contributed by atoms with Gasteiger partial charge < -0.3 is 21.1 Å². The van der Waals surface area contributed by atoms with E-state index in [4.69, 9.17) is 10.8 Å². The molecule has 4 N–H and O–H groups in total. The van der Waals surface area contributed by atoms with Gasteiger partial charge in [0.1, 0.15) is 0 Å². The normalized spacial score (nSPS) is 12.0. The van der Waals surface area contributed by atoms with Gasteiger partial charge in [0, 0.05) is 31.9 Å². The Hall–Kier alpha value is -1.59. The highest BCUT2D eigenvalue weighted by Crippen LogP contribution is 2.15. The molecule has 20 heavy (non-hydrogen) atoms. The molecule has 0 aliphatic heterocycles. The average Bonchev–Trinajstić information content (AvgIpc) is 2.43. The molecule has 2 amide bonds. The number of urea groups is 1. The number of aliphatic hydroxyl groups is 1. The van der Waals surface area contributed by atoms with Crippen LogP contribution in [0.3, 0.4) is 0 Å². The number of unbranched alkanes of at least 4 members (excludes halogenated alkanes) is 2. The number of carbonyl (C=O) groups is 1. The van der Waals surface area contributed by atoms with Crippen LogP contribution in [0.2, 0.25) is 0 Å². The summed E-state index contributed by atoms with van der Waals surface area (Å²) in [5.74, 6) is 0. The lowest BCUT2D eigenvalue weighted by Crippen LogP contribution is -2.32. The minimum Gasteiger partial charge on any atom is -0.396 e. The van der Waals surface area contributed by atoms with Crippen LogP contribution >= 0.6 is 0 Å². The molecule has 1 rings (SSSR count). The molecule has 1 unspecified atom stereocenters. The monoisotopic (exact) mass is 279 g/mol. The number of amides is 2. The predicted molar refractivity (Wildman–Crippen MR) is 81.6 cm³/mol. The Kier molecular flexibility index (Phi) is 7.04. The number of hydrogen-bond donors (Lipinski definition) is 3.